The molecule has 0 aromatic heterocycles. The lowest BCUT2D eigenvalue weighted by atomic mass is 10.1. The van der Waals surface area contributed by atoms with Crippen LogP contribution in [0, 0.1) is 0 Å². The zero-order valence-corrected chi connectivity index (χ0v) is 18.1. The van der Waals surface area contributed by atoms with Crippen LogP contribution in [0.4, 0.5) is 5.69 Å². The minimum atomic E-state index is -3.53. The maximum Gasteiger partial charge on any atom is 0.335 e. The summed E-state index contributed by atoms with van der Waals surface area (Å²) in [6.07, 6.45) is 0.577. The van der Waals surface area contributed by atoms with Crippen LogP contribution in [-0.4, -0.2) is 74.8 Å². The van der Waals surface area contributed by atoms with E-state index in [-0.39, 0.29) is 17.9 Å². The van der Waals surface area contributed by atoms with Crippen molar-refractivity contribution in [2.45, 2.75) is 13.0 Å². The number of hydrogen-bond donors (Lipinski definition) is 1. The number of carbonyl (C=O) groups is 1. The van der Waals surface area contributed by atoms with Crippen LogP contribution in [0.25, 0.3) is 0 Å². The van der Waals surface area contributed by atoms with Gasteiger partial charge in [-0.25, -0.2) is 13.2 Å². The lowest BCUT2D eigenvalue weighted by Gasteiger charge is -2.32. The fourth-order valence-corrected chi connectivity index (χ4v) is 5.02. The number of para-hydroxylation sites is 1. The molecule has 0 bridgehead atoms. The summed E-state index contributed by atoms with van der Waals surface area (Å²) in [7, 11) is -1.43. The van der Waals surface area contributed by atoms with Gasteiger partial charge in [-0.2, -0.15) is 0 Å². The van der Waals surface area contributed by atoms with E-state index in [1.54, 1.807) is 24.3 Å². The Kier molecular flexibility index (Phi) is 7.47. The van der Waals surface area contributed by atoms with Crippen molar-refractivity contribution in [3.63, 3.8) is 0 Å². The van der Waals surface area contributed by atoms with Crippen molar-refractivity contribution in [2.24, 2.45) is 0 Å². The largest absolute Gasteiger partial charge is 0.478 e. The average Bonchev–Trinajstić information content (AvgIpc) is 2.74. The van der Waals surface area contributed by atoms with Crippen molar-refractivity contribution < 1.29 is 18.3 Å². The molecule has 30 heavy (non-hydrogen) atoms. The van der Waals surface area contributed by atoms with Crippen LogP contribution in [0.5, 0.6) is 0 Å². The Morgan fingerprint density at radius 2 is 1.63 bits per heavy atom. The van der Waals surface area contributed by atoms with E-state index < -0.39 is 16.0 Å². The molecule has 1 saturated heterocycles. The monoisotopic (exact) mass is 431 g/mol. The van der Waals surface area contributed by atoms with Crippen LogP contribution in [-0.2, 0) is 16.6 Å². The number of sulfonamides is 1. The number of carboxylic acid groups (broad SMARTS) is 1. The van der Waals surface area contributed by atoms with Crippen molar-refractivity contribution in [3.05, 3.63) is 65.7 Å². The van der Waals surface area contributed by atoms with Crippen LogP contribution in [0.2, 0.25) is 0 Å². The molecular weight excluding hydrogens is 402 g/mol. The van der Waals surface area contributed by atoms with E-state index >= 15 is 0 Å². The van der Waals surface area contributed by atoms with Crippen molar-refractivity contribution in [1.29, 1.82) is 0 Å². The molecule has 1 N–H and O–H groups in total. The zero-order valence-electron chi connectivity index (χ0n) is 17.3. The van der Waals surface area contributed by atoms with Crippen LogP contribution in [0.1, 0.15) is 22.3 Å². The van der Waals surface area contributed by atoms with Gasteiger partial charge in [-0.15, -0.1) is 0 Å². The second-order valence-electron chi connectivity index (χ2n) is 7.66. The number of aromatic carboxylic acids is 1. The van der Waals surface area contributed by atoms with Gasteiger partial charge in [-0.3, -0.25) is 4.31 Å². The van der Waals surface area contributed by atoms with Gasteiger partial charge in [0.05, 0.1) is 23.5 Å². The highest BCUT2D eigenvalue weighted by atomic mass is 32.2. The molecule has 8 heteroatoms. The summed E-state index contributed by atoms with van der Waals surface area (Å²) < 4.78 is 27.8. The molecule has 0 unspecified atom stereocenters. The highest BCUT2D eigenvalue weighted by molar-refractivity contribution is 7.92. The molecule has 0 spiro atoms. The Balaban J connectivity index is 1.70. The van der Waals surface area contributed by atoms with Gasteiger partial charge >= 0.3 is 5.97 Å². The minimum absolute atomic E-state index is 0.0709. The van der Waals surface area contributed by atoms with Crippen LogP contribution in [0.3, 0.4) is 0 Å². The lowest BCUT2D eigenvalue weighted by molar-refractivity contribution is 0.0697. The summed E-state index contributed by atoms with van der Waals surface area (Å²) in [6.45, 7) is 4.89. The van der Waals surface area contributed by atoms with E-state index in [9.17, 15) is 13.2 Å². The Hall–Kier alpha value is -2.42. The molecule has 0 aliphatic carbocycles. The van der Waals surface area contributed by atoms with Gasteiger partial charge in [0.15, 0.2) is 0 Å². The van der Waals surface area contributed by atoms with Crippen LogP contribution < -0.4 is 4.31 Å². The molecule has 1 fully saturated rings. The molecule has 0 radical (unpaired) electrons. The Morgan fingerprint density at radius 1 is 1.00 bits per heavy atom. The Bertz CT molecular complexity index is 925. The lowest BCUT2D eigenvalue weighted by Crippen LogP contribution is -2.45. The van der Waals surface area contributed by atoms with Crippen molar-refractivity contribution in [3.8, 4) is 0 Å². The first-order valence-corrected chi connectivity index (χ1v) is 11.7. The number of nitrogens with zero attached hydrogens (tertiary/aromatic N) is 3. The summed E-state index contributed by atoms with van der Waals surface area (Å²) >= 11 is 0. The molecule has 3 rings (SSSR count). The summed E-state index contributed by atoms with van der Waals surface area (Å²) in [4.78, 5) is 15.7. The van der Waals surface area contributed by atoms with Crippen LogP contribution in [0.15, 0.2) is 54.6 Å². The number of benzene rings is 2. The van der Waals surface area contributed by atoms with E-state index in [0.717, 1.165) is 38.3 Å². The summed E-state index contributed by atoms with van der Waals surface area (Å²) in [5, 5.41) is 9.07. The van der Waals surface area contributed by atoms with Crippen molar-refractivity contribution in [2.75, 3.05) is 49.8 Å². The minimum Gasteiger partial charge on any atom is -0.478 e. The van der Waals surface area contributed by atoms with Gasteiger partial charge in [0, 0.05) is 26.2 Å². The molecule has 2 aromatic rings. The third kappa shape index (κ3) is 6.04. The van der Waals surface area contributed by atoms with Crippen LogP contribution >= 0.6 is 0 Å². The highest BCUT2D eigenvalue weighted by Crippen LogP contribution is 2.22. The van der Waals surface area contributed by atoms with Gasteiger partial charge < -0.3 is 14.9 Å². The Labute approximate surface area is 178 Å². The second-order valence-corrected chi connectivity index (χ2v) is 9.67. The molecule has 1 heterocycles. The molecule has 1 aliphatic heterocycles. The third-order valence-corrected chi connectivity index (χ3v) is 7.20. The standard InChI is InChI=1S/C22H29N3O4S/c1-23-13-15-24(16-14-23)12-5-17-30(28,29)25(21-6-3-2-4-7-21)18-19-8-10-20(11-9-19)22(26)27/h2-4,6-11H,5,12-18H2,1H3,(H,26,27). The zero-order chi connectivity index (χ0) is 21.6. The van der Waals surface area contributed by atoms with Gasteiger partial charge in [0.2, 0.25) is 10.0 Å². The van der Waals surface area contributed by atoms with Gasteiger partial charge in [0.25, 0.3) is 0 Å². The van der Waals surface area contributed by atoms with E-state index in [2.05, 4.69) is 16.8 Å². The number of carboxylic acids is 1. The van der Waals surface area contributed by atoms with Crippen molar-refractivity contribution >= 4 is 21.7 Å². The first-order valence-electron chi connectivity index (χ1n) is 10.1. The topological polar surface area (TPSA) is 81.2 Å². The molecule has 162 valence electrons. The summed E-state index contributed by atoms with van der Waals surface area (Å²) in [5.41, 5.74) is 1.53. The quantitative estimate of drug-likeness (QED) is 0.657. The number of anilines is 1. The number of hydrogen-bond acceptors (Lipinski definition) is 5. The maximum atomic E-state index is 13.2. The molecule has 1 aliphatic rings. The van der Waals surface area contributed by atoms with E-state index in [1.807, 2.05) is 18.2 Å². The first-order chi connectivity index (χ1) is 14.3. The van der Waals surface area contributed by atoms with Gasteiger partial charge in [-0.05, 0) is 49.8 Å². The normalized spacial score (nSPS) is 15.8. The fraction of sp³-hybridized carbons (Fsp3) is 0.409. The number of piperazine rings is 1. The molecule has 0 saturated carbocycles. The average molecular weight is 432 g/mol. The van der Waals surface area contributed by atoms with Gasteiger partial charge in [-0.1, -0.05) is 30.3 Å². The fourth-order valence-electron chi connectivity index (χ4n) is 3.52. The van der Waals surface area contributed by atoms with E-state index in [4.69, 9.17) is 5.11 Å². The van der Waals surface area contributed by atoms with E-state index in [0.29, 0.717) is 12.1 Å². The maximum absolute atomic E-state index is 13.2. The predicted molar refractivity (Wildman–Crippen MR) is 118 cm³/mol. The molecule has 7 nitrogen and oxygen atoms in total. The molecule has 2 aromatic carbocycles. The molecular formula is C22H29N3O4S. The molecule has 0 atom stereocenters. The van der Waals surface area contributed by atoms with Crippen molar-refractivity contribution in [1.82, 2.24) is 9.80 Å². The summed E-state index contributed by atoms with van der Waals surface area (Å²) in [5.74, 6) is -0.931. The SMILES string of the molecule is CN1CCN(CCCS(=O)(=O)N(Cc2ccc(C(=O)O)cc2)c2ccccc2)CC1. The predicted octanol–water partition coefficient (Wildman–Crippen LogP) is 2.36. The molecule has 0 amide bonds. The van der Waals surface area contributed by atoms with E-state index in [1.165, 1.54) is 16.4 Å². The number of likely N-dealkylation sites (N-methyl/N-ethyl adjacent to an activating group) is 1. The van der Waals surface area contributed by atoms with Gasteiger partial charge in [0.1, 0.15) is 0 Å². The third-order valence-electron chi connectivity index (χ3n) is 5.38. The number of rotatable bonds is 9. The smallest absolute Gasteiger partial charge is 0.335 e. The highest BCUT2D eigenvalue weighted by Gasteiger charge is 2.23. The second kappa shape index (κ2) is 10.1. The summed E-state index contributed by atoms with van der Waals surface area (Å²) in [6, 6.07) is 15.4. The Morgan fingerprint density at radius 3 is 2.23 bits per heavy atom. The first kappa shape index (κ1) is 22.3.